The summed E-state index contributed by atoms with van der Waals surface area (Å²) in [6.45, 7) is 3.56. The SMILES string of the molecule is CCS(=O)(=O)Nc1ccc(Oc2cccc(C)c2)c(-c2cn(C)c(=O)c3[nH]ccc23)c1. The minimum Gasteiger partial charge on any atom is -0.457 e. The molecule has 2 aromatic heterocycles. The van der Waals surface area contributed by atoms with E-state index < -0.39 is 10.0 Å². The summed E-state index contributed by atoms with van der Waals surface area (Å²) in [7, 11) is -1.77. The van der Waals surface area contributed by atoms with Gasteiger partial charge in [-0.1, -0.05) is 12.1 Å². The van der Waals surface area contributed by atoms with Crippen molar-refractivity contribution in [2.75, 3.05) is 10.5 Å². The molecule has 0 aliphatic rings. The van der Waals surface area contributed by atoms with Crippen molar-refractivity contribution in [1.29, 1.82) is 0 Å². The fourth-order valence-electron chi connectivity index (χ4n) is 3.43. The summed E-state index contributed by atoms with van der Waals surface area (Å²) >= 11 is 0. The van der Waals surface area contributed by atoms with Gasteiger partial charge in [0.05, 0.1) is 5.75 Å². The molecule has 8 heteroatoms. The molecule has 160 valence electrons. The molecule has 0 aliphatic heterocycles. The lowest BCUT2D eigenvalue weighted by atomic mass is 10.0. The van der Waals surface area contributed by atoms with Crippen LogP contribution in [0, 0.1) is 6.92 Å². The smallest absolute Gasteiger partial charge is 0.274 e. The molecule has 2 aromatic carbocycles. The van der Waals surface area contributed by atoms with Crippen molar-refractivity contribution in [2.45, 2.75) is 13.8 Å². The third kappa shape index (κ3) is 4.20. The number of nitrogens with one attached hydrogen (secondary N) is 2. The minimum absolute atomic E-state index is 0.0359. The van der Waals surface area contributed by atoms with Gasteiger partial charge < -0.3 is 14.3 Å². The highest BCUT2D eigenvalue weighted by Crippen LogP contribution is 2.38. The van der Waals surface area contributed by atoms with Gasteiger partial charge in [0.25, 0.3) is 5.56 Å². The van der Waals surface area contributed by atoms with Gasteiger partial charge in [-0.15, -0.1) is 0 Å². The van der Waals surface area contributed by atoms with Gasteiger partial charge in [-0.25, -0.2) is 8.42 Å². The van der Waals surface area contributed by atoms with Crippen molar-refractivity contribution in [3.05, 3.63) is 76.8 Å². The Morgan fingerprint density at radius 2 is 1.90 bits per heavy atom. The quantitative estimate of drug-likeness (QED) is 0.468. The van der Waals surface area contributed by atoms with Crippen LogP contribution < -0.4 is 15.0 Å². The molecule has 7 nitrogen and oxygen atoms in total. The Hall–Kier alpha value is -3.52. The van der Waals surface area contributed by atoms with E-state index in [0.717, 1.165) is 16.5 Å². The molecule has 0 bridgehead atoms. The number of benzene rings is 2. The van der Waals surface area contributed by atoms with Crippen molar-refractivity contribution in [2.24, 2.45) is 7.05 Å². The number of nitrogens with zero attached hydrogens (tertiary/aromatic N) is 1. The molecule has 0 atom stereocenters. The number of H-pyrrole nitrogens is 1. The van der Waals surface area contributed by atoms with E-state index in [1.54, 1.807) is 44.6 Å². The Morgan fingerprint density at radius 1 is 1.10 bits per heavy atom. The predicted octanol–water partition coefficient (Wildman–Crippen LogP) is 4.40. The maximum Gasteiger partial charge on any atom is 0.274 e. The third-order valence-corrected chi connectivity index (χ3v) is 6.34. The Kier molecular flexibility index (Phi) is 5.32. The zero-order valence-electron chi connectivity index (χ0n) is 17.5. The van der Waals surface area contributed by atoms with Crippen molar-refractivity contribution >= 4 is 26.6 Å². The van der Waals surface area contributed by atoms with Crippen LogP contribution in [-0.2, 0) is 17.1 Å². The first-order valence-corrected chi connectivity index (χ1v) is 11.5. The van der Waals surface area contributed by atoms with Crippen LogP contribution in [0.5, 0.6) is 11.5 Å². The highest BCUT2D eigenvalue weighted by atomic mass is 32.2. The number of pyridine rings is 1. The van der Waals surface area contributed by atoms with Gasteiger partial charge in [-0.3, -0.25) is 9.52 Å². The summed E-state index contributed by atoms with van der Waals surface area (Å²) < 4.78 is 34.5. The summed E-state index contributed by atoms with van der Waals surface area (Å²) in [6.07, 6.45) is 3.44. The van der Waals surface area contributed by atoms with E-state index in [4.69, 9.17) is 4.74 Å². The molecule has 0 radical (unpaired) electrons. The molecule has 0 saturated heterocycles. The van der Waals surface area contributed by atoms with Crippen molar-refractivity contribution in [1.82, 2.24) is 9.55 Å². The molecule has 0 unspecified atom stereocenters. The highest BCUT2D eigenvalue weighted by Gasteiger charge is 2.17. The average Bonchev–Trinajstić information content (AvgIpc) is 3.22. The number of sulfonamides is 1. The first-order valence-electron chi connectivity index (χ1n) is 9.83. The molecule has 0 spiro atoms. The van der Waals surface area contributed by atoms with Crippen LogP contribution in [0.3, 0.4) is 0 Å². The number of ether oxygens (including phenoxy) is 1. The number of hydrogen-bond donors (Lipinski definition) is 2. The van der Waals surface area contributed by atoms with Crippen LogP contribution in [0.4, 0.5) is 5.69 Å². The molecule has 2 heterocycles. The fraction of sp³-hybridized carbons (Fsp3) is 0.174. The number of aromatic amines is 1. The Balaban J connectivity index is 1.92. The summed E-state index contributed by atoms with van der Waals surface area (Å²) in [5, 5.41) is 0.729. The van der Waals surface area contributed by atoms with Gasteiger partial charge >= 0.3 is 0 Å². The van der Waals surface area contributed by atoms with E-state index in [1.807, 2.05) is 37.3 Å². The number of hydrogen-bond acceptors (Lipinski definition) is 4. The molecule has 4 aromatic rings. The lowest BCUT2D eigenvalue weighted by Crippen LogP contribution is -2.17. The van der Waals surface area contributed by atoms with Gasteiger partial charge in [0, 0.05) is 41.6 Å². The summed E-state index contributed by atoms with van der Waals surface area (Å²) in [5.74, 6) is 1.18. The molecule has 0 fully saturated rings. The van der Waals surface area contributed by atoms with E-state index in [-0.39, 0.29) is 11.3 Å². The van der Waals surface area contributed by atoms with E-state index in [9.17, 15) is 13.2 Å². The summed E-state index contributed by atoms with van der Waals surface area (Å²) in [6, 6.07) is 14.6. The van der Waals surface area contributed by atoms with Crippen LogP contribution in [0.15, 0.2) is 65.7 Å². The molecule has 0 amide bonds. The van der Waals surface area contributed by atoms with Gasteiger partial charge in [-0.2, -0.15) is 0 Å². The Labute approximate surface area is 180 Å². The molecule has 0 aliphatic carbocycles. The number of aromatic nitrogens is 2. The first kappa shape index (κ1) is 20.7. The Bertz CT molecular complexity index is 1430. The summed E-state index contributed by atoms with van der Waals surface area (Å²) in [4.78, 5) is 15.5. The lowest BCUT2D eigenvalue weighted by molar-refractivity contribution is 0.484. The molecular formula is C23H23N3O4S. The zero-order valence-corrected chi connectivity index (χ0v) is 18.3. The number of aryl methyl sites for hydroxylation is 2. The molecule has 4 rings (SSSR count). The van der Waals surface area contributed by atoms with Gasteiger partial charge in [-0.05, 0) is 55.8 Å². The Morgan fingerprint density at radius 3 is 2.65 bits per heavy atom. The second-order valence-corrected chi connectivity index (χ2v) is 9.37. The van der Waals surface area contributed by atoms with Crippen molar-refractivity contribution in [3.63, 3.8) is 0 Å². The zero-order chi connectivity index (χ0) is 22.2. The maximum absolute atomic E-state index is 12.5. The van der Waals surface area contributed by atoms with Crippen LogP contribution in [0.2, 0.25) is 0 Å². The number of anilines is 1. The van der Waals surface area contributed by atoms with E-state index in [1.165, 1.54) is 4.57 Å². The van der Waals surface area contributed by atoms with Crippen molar-refractivity contribution < 1.29 is 13.2 Å². The van der Waals surface area contributed by atoms with E-state index in [0.29, 0.717) is 28.3 Å². The van der Waals surface area contributed by atoms with Crippen LogP contribution in [0.25, 0.3) is 22.0 Å². The molecular weight excluding hydrogens is 414 g/mol. The first-order chi connectivity index (χ1) is 14.8. The number of rotatable bonds is 6. The highest BCUT2D eigenvalue weighted by molar-refractivity contribution is 7.92. The van der Waals surface area contributed by atoms with Crippen LogP contribution >= 0.6 is 0 Å². The standard InChI is InChI=1S/C23H23N3O4S/c1-4-31(28,29)25-16-8-9-21(30-17-7-5-6-15(2)12-17)19(13-16)20-14-26(3)23(27)22-18(20)10-11-24-22/h5-14,24-25H,4H2,1-3H3. The maximum atomic E-state index is 12.5. The normalized spacial score (nSPS) is 11.6. The molecule has 2 N–H and O–H groups in total. The average molecular weight is 438 g/mol. The molecule has 0 saturated carbocycles. The molecule has 31 heavy (non-hydrogen) atoms. The topological polar surface area (TPSA) is 93.2 Å². The minimum atomic E-state index is -3.45. The largest absolute Gasteiger partial charge is 0.457 e. The van der Waals surface area contributed by atoms with Crippen LogP contribution in [0.1, 0.15) is 12.5 Å². The second kappa shape index (κ2) is 7.96. The second-order valence-electron chi connectivity index (χ2n) is 7.36. The third-order valence-electron chi connectivity index (χ3n) is 5.03. The predicted molar refractivity (Wildman–Crippen MR) is 123 cm³/mol. The van der Waals surface area contributed by atoms with Gasteiger partial charge in [0.1, 0.15) is 17.0 Å². The van der Waals surface area contributed by atoms with Crippen molar-refractivity contribution in [3.8, 4) is 22.6 Å². The lowest BCUT2D eigenvalue weighted by Gasteiger charge is -2.16. The monoisotopic (exact) mass is 437 g/mol. The van der Waals surface area contributed by atoms with Gasteiger partial charge in [0.2, 0.25) is 10.0 Å². The van der Waals surface area contributed by atoms with Crippen LogP contribution in [-0.4, -0.2) is 23.7 Å². The fourth-order valence-corrected chi connectivity index (χ4v) is 4.06. The summed E-state index contributed by atoms with van der Waals surface area (Å²) in [5.41, 5.74) is 3.22. The van der Waals surface area contributed by atoms with E-state index in [2.05, 4.69) is 9.71 Å². The number of fused-ring (bicyclic) bond motifs is 1. The van der Waals surface area contributed by atoms with E-state index >= 15 is 0 Å². The van der Waals surface area contributed by atoms with Gasteiger partial charge in [0.15, 0.2) is 0 Å².